The van der Waals surface area contributed by atoms with Crippen molar-refractivity contribution in [2.24, 2.45) is 0 Å². The molecule has 0 spiro atoms. The quantitative estimate of drug-likeness (QED) is 0.815. The van der Waals surface area contributed by atoms with Crippen molar-refractivity contribution in [3.8, 4) is 5.75 Å². The van der Waals surface area contributed by atoms with Crippen molar-refractivity contribution in [3.63, 3.8) is 0 Å². The van der Waals surface area contributed by atoms with E-state index in [1.165, 1.54) is 24.0 Å². The summed E-state index contributed by atoms with van der Waals surface area (Å²) >= 11 is 0. The van der Waals surface area contributed by atoms with Crippen LogP contribution in [0.5, 0.6) is 5.75 Å². The second-order valence-electron chi connectivity index (χ2n) is 5.24. The lowest BCUT2D eigenvalue weighted by Crippen LogP contribution is -2.19. The number of nitrogens with one attached hydrogen (secondary N) is 1. The molecule has 1 aromatic rings. The molecule has 2 nitrogen and oxygen atoms in total. The lowest BCUT2D eigenvalue weighted by Gasteiger charge is -2.13. The zero-order chi connectivity index (χ0) is 12.3. The van der Waals surface area contributed by atoms with Crippen molar-refractivity contribution < 1.29 is 4.74 Å². The first-order valence-electron chi connectivity index (χ1n) is 6.64. The van der Waals surface area contributed by atoms with Gasteiger partial charge in [-0.25, -0.2) is 0 Å². The van der Waals surface area contributed by atoms with Crippen LogP contribution in [0.3, 0.4) is 0 Å². The lowest BCUT2D eigenvalue weighted by molar-refractivity contribution is 0.240. The summed E-state index contributed by atoms with van der Waals surface area (Å²) in [4.78, 5) is 0. The van der Waals surface area contributed by atoms with E-state index >= 15 is 0 Å². The summed E-state index contributed by atoms with van der Waals surface area (Å²) in [6.45, 7) is 7.34. The average Bonchev–Trinajstić information content (AvgIpc) is 3.05. The minimum Gasteiger partial charge on any atom is -0.491 e. The second-order valence-corrected chi connectivity index (χ2v) is 5.24. The maximum Gasteiger partial charge on any atom is 0.122 e. The Kier molecular flexibility index (Phi) is 4.06. The minimum absolute atomic E-state index is 0.246. The number of hydrogen-bond donors (Lipinski definition) is 1. The minimum atomic E-state index is 0.246. The van der Waals surface area contributed by atoms with Crippen LogP contribution in [0.25, 0.3) is 0 Å². The Balaban J connectivity index is 1.87. The van der Waals surface area contributed by atoms with Crippen LogP contribution >= 0.6 is 0 Å². The molecule has 2 rings (SSSR count). The van der Waals surface area contributed by atoms with Crippen molar-refractivity contribution in [3.05, 3.63) is 29.3 Å². The van der Waals surface area contributed by atoms with Crippen molar-refractivity contribution in [1.82, 2.24) is 5.32 Å². The highest BCUT2D eigenvalue weighted by Crippen LogP contribution is 2.21. The van der Waals surface area contributed by atoms with E-state index in [9.17, 15) is 0 Å². The molecule has 1 aliphatic rings. The third-order valence-electron chi connectivity index (χ3n) is 3.03. The Morgan fingerprint density at radius 3 is 2.71 bits per heavy atom. The van der Waals surface area contributed by atoms with E-state index in [0.717, 1.165) is 24.8 Å². The predicted molar refractivity (Wildman–Crippen MR) is 71.7 cm³/mol. The fourth-order valence-corrected chi connectivity index (χ4v) is 1.96. The molecule has 1 saturated carbocycles. The van der Waals surface area contributed by atoms with Gasteiger partial charge in [-0.3, -0.25) is 0 Å². The van der Waals surface area contributed by atoms with Gasteiger partial charge < -0.3 is 10.1 Å². The van der Waals surface area contributed by atoms with Crippen molar-refractivity contribution in [1.29, 1.82) is 0 Å². The molecule has 2 heteroatoms. The van der Waals surface area contributed by atoms with Gasteiger partial charge in [0, 0.05) is 6.04 Å². The van der Waals surface area contributed by atoms with Crippen molar-refractivity contribution in [2.45, 2.75) is 52.2 Å². The number of ether oxygens (including phenoxy) is 1. The van der Waals surface area contributed by atoms with Gasteiger partial charge >= 0.3 is 0 Å². The normalized spacial score (nSPS) is 15.3. The molecule has 1 fully saturated rings. The monoisotopic (exact) mass is 233 g/mol. The maximum atomic E-state index is 5.74. The molecule has 1 aromatic carbocycles. The zero-order valence-corrected chi connectivity index (χ0v) is 11.1. The van der Waals surface area contributed by atoms with Crippen LogP contribution < -0.4 is 10.1 Å². The van der Waals surface area contributed by atoms with E-state index in [1.54, 1.807) is 0 Å². The second kappa shape index (κ2) is 5.54. The molecule has 0 aromatic heterocycles. The third-order valence-corrected chi connectivity index (χ3v) is 3.03. The number of benzene rings is 1. The Morgan fingerprint density at radius 2 is 2.12 bits per heavy atom. The van der Waals surface area contributed by atoms with Crippen LogP contribution in [0.1, 0.15) is 37.8 Å². The summed E-state index contributed by atoms with van der Waals surface area (Å²) in [5.41, 5.74) is 2.63. The highest BCUT2D eigenvalue weighted by Gasteiger charge is 2.19. The summed E-state index contributed by atoms with van der Waals surface area (Å²) in [5.74, 6) is 1.01. The van der Waals surface area contributed by atoms with Gasteiger partial charge in [-0.05, 0) is 63.8 Å². The molecule has 0 aliphatic heterocycles. The van der Waals surface area contributed by atoms with Gasteiger partial charge in [0.2, 0.25) is 0 Å². The van der Waals surface area contributed by atoms with Gasteiger partial charge in [0.1, 0.15) is 5.75 Å². The first-order chi connectivity index (χ1) is 8.15. The number of rotatable bonds is 6. The Hall–Kier alpha value is -1.02. The summed E-state index contributed by atoms with van der Waals surface area (Å²) in [7, 11) is 0. The number of hydrogen-bond acceptors (Lipinski definition) is 2. The molecular weight excluding hydrogens is 210 g/mol. The third kappa shape index (κ3) is 4.04. The Morgan fingerprint density at radius 1 is 1.35 bits per heavy atom. The van der Waals surface area contributed by atoms with E-state index in [4.69, 9.17) is 4.74 Å². The Bertz CT molecular complexity index is 369. The van der Waals surface area contributed by atoms with Crippen LogP contribution in [0.2, 0.25) is 0 Å². The fourth-order valence-electron chi connectivity index (χ4n) is 1.96. The fraction of sp³-hybridized carbons (Fsp3) is 0.600. The van der Waals surface area contributed by atoms with Crippen LogP contribution in [0, 0.1) is 6.92 Å². The van der Waals surface area contributed by atoms with Gasteiger partial charge in [0.15, 0.2) is 0 Å². The van der Waals surface area contributed by atoms with Crippen LogP contribution in [0.15, 0.2) is 18.2 Å². The van der Waals surface area contributed by atoms with E-state index in [-0.39, 0.29) is 6.10 Å². The molecular formula is C15H23NO. The molecule has 0 unspecified atom stereocenters. The standard InChI is InChI=1S/C15H23NO/c1-11(2)17-15-7-4-13(10-12(15)3)8-9-16-14-5-6-14/h4,7,10-11,14,16H,5-6,8-9H2,1-3H3. The summed E-state index contributed by atoms with van der Waals surface area (Å²) in [5, 5.41) is 3.54. The summed E-state index contributed by atoms with van der Waals surface area (Å²) < 4.78 is 5.74. The molecule has 0 heterocycles. The molecule has 94 valence electrons. The van der Waals surface area contributed by atoms with Crippen molar-refractivity contribution in [2.75, 3.05) is 6.54 Å². The van der Waals surface area contributed by atoms with Crippen molar-refractivity contribution >= 4 is 0 Å². The lowest BCUT2D eigenvalue weighted by atomic mass is 10.1. The summed E-state index contributed by atoms with van der Waals surface area (Å²) in [6.07, 6.45) is 4.08. The van der Waals surface area contributed by atoms with E-state index in [2.05, 4.69) is 44.3 Å². The maximum absolute atomic E-state index is 5.74. The average molecular weight is 233 g/mol. The first kappa shape index (κ1) is 12.4. The zero-order valence-electron chi connectivity index (χ0n) is 11.1. The van der Waals surface area contributed by atoms with Gasteiger partial charge in [-0.2, -0.15) is 0 Å². The molecule has 1 aliphatic carbocycles. The molecule has 0 atom stereocenters. The van der Waals surface area contributed by atoms with Gasteiger partial charge in [0.25, 0.3) is 0 Å². The molecule has 1 N–H and O–H groups in total. The highest BCUT2D eigenvalue weighted by molar-refractivity contribution is 5.36. The molecule has 0 bridgehead atoms. The highest BCUT2D eigenvalue weighted by atomic mass is 16.5. The predicted octanol–water partition coefficient (Wildman–Crippen LogP) is 3.08. The van der Waals surface area contributed by atoms with Gasteiger partial charge in [-0.1, -0.05) is 12.1 Å². The SMILES string of the molecule is Cc1cc(CCNC2CC2)ccc1OC(C)C. The smallest absolute Gasteiger partial charge is 0.122 e. The summed E-state index contributed by atoms with van der Waals surface area (Å²) in [6, 6.07) is 7.33. The number of aryl methyl sites for hydroxylation is 1. The topological polar surface area (TPSA) is 21.3 Å². The molecule has 0 radical (unpaired) electrons. The van der Waals surface area contributed by atoms with Crippen LogP contribution in [-0.2, 0) is 6.42 Å². The Labute approximate surface area is 104 Å². The van der Waals surface area contributed by atoms with E-state index < -0.39 is 0 Å². The first-order valence-corrected chi connectivity index (χ1v) is 6.64. The molecule has 0 amide bonds. The molecule has 0 saturated heterocycles. The van der Waals surface area contributed by atoms with E-state index in [1.807, 2.05) is 0 Å². The van der Waals surface area contributed by atoms with Crippen LogP contribution in [-0.4, -0.2) is 18.7 Å². The van der Waals surface area contributed by atoms with Crippen LogP contribution in [0.4, 0.5) is 0 Å². The molecule has 17 heavy (non-hydrogen) atoms. The largest absolute Gasteiger partial charge is 0.491 e. The van der Waals surface area contributed by atoms with Gasteiger partial charge in [-0.15, -0.1) is 0 Å². The van der Waals surface area contributed by atoms with Gasteiger partial charge in [0.05, 0.1) is 6.10 Å². The van der Waals surface area contributed by atoms with E-state index in [0.29, 0.717) is 0 Å².